The second-order valence-electron chi connectivity index (χ2n) is 9.54. The molecule has 0 radical (unpaired) electrons. The normalized spacial score (nSPS) is 47.5. The van der Waals surface area contributed by atoms with Crippen LogP contribution in [0.2, 0.25) is 0 Å². The zero-order valence-corrected chi connectivity index (χ0v) is 16.4. The molecule has 2 heteroatoms. The van der Waals surface area contributed by atoms with Gasteiger partial charge < -0.3 is 4.74 Å². The van der Waals surface area contributed by atoms with Crippen molar-refractivity contribution in [2.45, 2.75) is 85.2 Å². The molecule has 2 nitrogen and oxygen atoms in total. The monoisotopic (exact) mass is 342 g/mol. The lowest BCUT2D eigenvalue weighted by atomic mass is 9.48. The number of ether oxygens (including phenoxy) is 1. The molecule has 0 aliphatic heterocycles. The van der Waals surface area contributed by atoms with Crippen molar-refractivity contribution in [2.75, 3.05) is 0 Å². The van der Waals surface area contributed by atoms with E-state index in [1.807, 2.05) is 0 Å². The number of allylic oxidation sites excluding steroid dienone is 3. The van der Waals surface area contributed by atoms with Crippen LogP contribution in [0.25, 0.3) is 0 Å². The summed E-state index contributed by atoms with van der Waals surface area (Å²) in [6.07, 6.45) is 15.0. The maximum absolute atomic E-state index is 11.4. The minimum absolute atomic E-state index is 0.114. The number of hydrogen-bond donors (Lipinski definition) is 0. The van der Waals surface area contributed by atoms with Gasteiger partial charge in [-0.15, -0.1) is 0 Å². The third kappa shape index (κ3) is 2.54. The van der Waals surface area contributed by atoms with Crippen molar-refractivity contribution in [1.82, 2.24) is 0 Å². The molecule has 0 amide bonds. The summed E-state index contributed by atoms with van der Waals surface area (Å²) >= 11 is 0. The average molecular weight is 343 g/mol. The van der Waals surface area contributed by atoms with E-state index >= 15 is 0 Å². The lowest BCUT2D eigenvalue weighted by molar-refractivity contribution is -0.148. The molecular weight excluding hydrogens is 308 g/mol. The summed E-state index contributed by atoms with van der Waals surface area (Å²) in [6.45, 7) is 8.86. The third-order valence-corrected chi connectivity index (χ3v) is 8.59. The van der Waals surface area contributed by atoms with Crippen molar-refractivity contribution >= 4 is 5.97 Å². The van der Waals surface area contributed by atoms with E-state index in [4.69, 9.17) is 4.74 Å². The summed E-state index contributed by atoms with van der Waals surface area (Å²) < 4.78 is 5.55. The first-order valence-electron chi connectivity index (χ1n) is 10.4. The Morgan fingerprint density at radius 1 is 1.16 bits per heavy atom. The van der Waals surface area contributed by atoms with E-state index < -0.39 is 0 Å². The molecule has 0 aromatic rings. The molecule has 138 valence electrons. The first-order valence-corrected chi connectivity index (χ1v) is 10.4. The van der Waals surface area contributed by atoms with Crippen molar-refractivity contribution in [2.24, 2.45) is 28.6 Å². The van der Waals surface area contributed by atoms with Crippen LogP contribution >= 0.6 is 0 Å². The molecular formula is C23H34O2. The lowest BCUT2D eigenvalue weighted by Gasteiger charge is -2.57. The van der Waals surface area contributed by atoms with Crippen LogP contribution in [0.15, 0.2) is 23.3 Å². The SMILES string of the molecule is C/C=C1/CC[C@H]2[C@@H]3CC=C4C[C@@H](OC(C)=O)CC[C@]4(C)[C@H]3CC[C@]12C. The van der Waals surface area contributed by atoms with Crippen LogP contribution in [0.3, 0.4) is 0 Å². The molecule has 0 heterocycles. The Morgan fingerprint density at radius 3 is 2.60 bits per heavy atom. The topological polar surface area (TPSA) is 26.3 Å². The van der Waals surface area contributed by atoms with Gasteiger partial charge in [0.2, 0.25) is 0 Å². The summed E-state index contributed by atoms with van der Waals surface area (Å²) in [6, 6.07) is 0. The summed E-state index contributed by atoms with van der Waals surface area (Å²) in [5.74, 6) is 2.44. The predicted octanol–water partition coefficient (Wildman–Crippen LogP) is 5.83. The van der Waals surface area contributed by atoms with Gasteiger partial charge in [-0.1, -0.05) is 37.1 Å². The maximum atomic E-state index is 11.4. The highest BCUT2D eigenvalue weighted by Crippen LogP contribution is 2.66. The molecule has 0 saturated heterocycles. The molecule has 4 rings (SSSR count). The molecule has 0 unspecified atom stereocenters. The fraction of sp³-hybridized carbons (Fsp3) is 0.783. The van der Waals surface area contributed by atoms with Gasteiger partial charge >= 0.3 is 5.97 Å². The van der Waals surface area contributed by atoms with Crippen LogP contribution in [-0.2, 0) is 9.53 Å². The van der Waals surface area contributed by atoms with E-state index in [1.165, 1.54) is 38.5 Å². The highest BCUT2D eigenvalue weighted by Gasteiger charge is 2.57. The fourth-order valence-electron chi connectivity index (χ4n) is 7.28. The smallest absolute Gasteiger partial charge is 0.302 e. The Labute approximate surface area is 153 Å². The van der Waals surface area contributed by atoms with Crippen LogP contribution in [0.4, 0.5) is 0 Å². The van der Waals surface area contributed by atoms with Crippen LogP contribution in [0.1, 0.15) is 79.1 Å². The van der Waals surface area contributed by atoms with E-state index in [0.29, 0.717) is 10.8 Å². The Bertz CT molecular complexity index is 630. The Balaban J connectivity index is 1.60. The zero-order valence-electron chi connectivity index (χ0n) is 16.4. The zero-order chi connectivity index (χ0) is 17.8. The van der Waals surface area contributed by atoms with Crippen molar-refractivity contribution in [3.8, 4) is 0 Å². The van der Waals surface area contributed by atoms with Gasteiger partial charge in [0.25, 0.3) is 0 Å². The van der Waals surface area contributed by atoms with Gasteiger partial charge in [-0.2, -0.15) is 0 Å². The number of hydrogen-bond acceptors (Lipinski definition) is 2. The largest absolute Gasteiger partial charge is 0.462 e. The second kappa shape index (κ2) is 5.99. The molecule has 0 spiro atoms. The van der Waals surface area contributed by atoms with Crippen molar-refractivity contribution < 1.29 is 9.53 Å². The van der Waals surface area contributed by atoms with Crippen molar-refractivity contribution in [1.29, 1.82) is 0 Å². The first-order chi connectivity index (χ1) is 11.9. The molecule has 0 bridgehead atoms. The number of esters is 1. The highest BCUT2D eigenvalue weighted by atomic mass is 16.5. The van der Waals surface area contributed by atoms with Crippen LogP contribution in [0, 0.1) is 28.6 Å². The quantitative estimate of drug-likeness (QED) is 0.443. The van der Waals surface area contributed by atoms with Gasteiger partial charge in [0.1, 0.15) is 6.10 Å². The van der Waals surface area contributed by atoms with Crippen molar-refractivity contribution in [3.05, 3.63) is 23.3 Å². The minimum atomic E-state index is -0.124. The van der Waals surface area contributed by atoms with Gasteiger partial charge in [0.05, 0.1) is 0 Å². The summed E-state index contributed by atoms with van der Waals surface area (Å²) in [7, 11) is 0. The predicted molar refractivity (Wildman–Crippen MR) is 101 cm³/mol. The van der Waals surface area contributed by atoms with Crippen LogP contribution < -0.4 is 0 Å². The Morgan fingerprint density at radius 2 is 1.88 bits per heavy atom. The van der Waals surface area contributed by atoms with Crippen LogP contribution in [-0.4, -0.2) is 12.1 Å². The summed E-state index contributed by atoms with van der Waals surface area (Å²) in [5, 5.41) is 0. The maximum Gasteiger partial charge on any atom is 0.302 e. The average Bonchev–Trinajstić information content (AvgIpc) is 2.91. The van der Waals surface area contributed by atoms with Gasteiger partial charge in [0.15, 0.2) is 0 Å². The molecule has 3 saturated carbocycles. The van der Waals surface area contributed by atoms with Gasteiger partial charge in [-0.05, 0) is 80.5 Å². The summed E-state index contributed by atoms with van der Waals surface area (Å²) in [5.41, 5.74) is 4.14. The standard InChI is InChI=1S/C23H34O2/c1-5-16-7-9-20-19-8-6-17-14-18(25-15(2)24)10-12-23(17,4)21(19)11-13-22(16,20)3/h5-6,18-21H,7-14H2,1-4H3/b16-5-/t18-,19-,20-,21-,22+,23-/m0/s1. The van der Waals surface area contributed by atoms with E-state index in [-0.39, 0.29) is 12.1 Å². The number of carbonyl (C=O) groups is 1. The fourth-order valence-corrected chi connectivity index (χ4v) is 7.28. The van der Waals surface area contributed by atoms with Crippen LogP contribution in [0.5, 0.6) is 0 Å². The number of fused-ring (bicyclic) bond motifs is 5. The van der Waals surface area contributed by atoms with Gasteiger partial charge in [-0.3, -0.25) is 4.79 Å². The van der Waals surface area contributed by atoms with E-state index in [9.17, 15) is 4.79 Å². The number of rotatable bonds is 1. The van der Waals surface area contributed by atoms with Gasteiger partial charge in [-0.25, -0.2) is 0 Å². The number of carbonyl (C=O) groups excluding carboxylic acids is 1. The molecule has 0 N–H and O–H groups in total. The molecule has 6 atom stereocenters. The molecule has 25 heavy (non-hydrogen) atoms. The Hall–Kier alpha value is -1.05. The second-order valence-corrected chi connectivity index (χ2v) is 9.54. The summed E-state index contributed by atoms with van der Waals surface area (Å²) in [4.78, 5) is 11.4. The van der Waals surface area contributed by atoms with E-state index in [2.05, 4.69) is 32.9 Å². The van der Waals surface area contributed by atoms with E-state index in [1.54, 1.807) is 18.1 Å². The molecule has 4 aliphatic carbocycles. The molecule has 0 aromatic carbocycles. The van der Waals surface area contributed by atoms with E-state index in [0.717, 1.165) is 30.6 Å². The third-order valence-electron chi connectivity index (χ3n) is 8.59. The minimum Gasteiger partial charge on any atom is -0.462 e. The Kier molecular flexibility index (Phi) is 4.16. The first kappa shape index (κ1) is 17.4. The van der Waals surface area contributed by atoms with Crippen molar-refractivity contribution in [3.63, 3.8) is 0 Å². The van der Waals surface area contributed by atoms with Gasteiger partial charge in [0, 0.05) is 13.3 Å². The highest BCUT2D eigenvalue weighted by molar-refractivity contribution is 5.66. The molecule has 0 aromatic heterocycles. The molecule has 4 aliphatic rings. The lowest BCUT2D eigenvalue weighted by Crippen LogP contribution is -2.49. The molecule has 3 fully saturated rings.